The van der Waals surface area contributed by atoms with Gasteiger partial charge in [-0.3, -0.25) is 9.59 Å². The van der Waals surface area contributed by atoms with Crippen LogP contribution in [0.1, 0.15) is 38.5 Å². The van der Waals surface area contributed by atoms with Crippen LogP contribution in [0.3, 0.4) is 0 Å². The highest BCUT2D eigenvalue weighted by atomic mass is 35.5. The first kappa shape index (κ1) is 19.0. The minimum Gasteiger partial charge on any atom is -0.481 e. The smallest absolute Gasteiger partial charge is 0.303 e. The van der Waals surface area contributed by atoms with Crippen LogP contribution in [0.25, 0.3) is 0 Å². The van der Waals surface area contributed by atoms with Crippen molar-refractivity contribution in [3.05, 3.63) is 23.4 Å². The van der Waals surface area contributed by atoms with Crippen molar-refractivity contribution in [2.75, 3.05) is 31.1 Å². The number of pyridine rings is 1. The van der Waals surface area contributed by atoms with Gasteiger partial charge < -0.3 is 14.9 Å². The first-order chi connectivity index (χ1) is 12.5. The fourth-order valence-corrected chi connectivity index (χ4v) is 4.11. The van der Waals surface area contributed by atoms with E-state index < -0.39 is 5.97 Å². The minimum absolute atomic E-state index is 0.0665. The van der Waals surface area contributed by atoms with Crippen LogP contribution >= 0.6 is 11.6 Å². The number of hydrogen-bond acceptors (Lipinski definition) is 4. The molecule has 1 aromatic rings. The summed E-state index contributed by atoms with van der Waals surface area (Å²) in [6, 6.07) is 3.76. The number of carboxylic acids is 1. The average Bonchev–Trinajstić information content (AvgIpc) is 2.67. The average molecular weight is 380 g/mol. The van der Waals surface area contributed by atoms with Gasteiger partial charge in [-0.2, -0.15) is 0 Å². The van der Waals surface area contributed by atoms with Crippen molar-refractivity contribution in [1.82, 2.24) is 9.88 Å². The Kier molecular flexibility index (Phi) is 6.35. The molecule has 1 unspecified atom stereocenters. The van der Waals surface area contributed by atoms with Crippen LogP contribution in [-0.2, 0) is 9.59 Å². The molecule has 3 rings (SSSR count). The molecule has 2 aliphatic heterocycles. The predicted molar refractivity (Wildman–Crippen MR) is 100 cm³/mol. The zero-order valence-electron chi connectivity index (χ0n) is 14.9. The van der Waals surface area contributed by atoms with Gasteiger partial charge in [0, 0.05) is 44.7 Å². The topological polar surface area (TPSA) is 73.7 Å². The molecule has 2 saturated heterocycles. The fraction of sp³-hybridized carbons (Fsp3) is 0.632. The van der Waals surface area contributed by atoms with Crippen molar-refractivity contribution in [3.63, 3.8) is 0 Å². The third-order valence-electron chi connectivity index (χ3n) is 5.48. The second-order valence-corrected chi connectivity index (χ2v) is 7.76. The van der Waals surface area contributed by atoms with Crippen molar-refractivity contribution >= 4 is 29.3 Å². The fourth-order valence-electron chi connectivity index (χ4n) is 4.00. The quantitative estimate of drug-likeness (QED) is 0.851. The van der Waals surface area contributed by atoms with Gasteiger partial charge in [-0.15, -0.1) is 0 Å². The summed E-state index contributed by atoms with van der Waals surface area (Å²) in [6.07, 6.45) is 6.18. The van der Waals surface area contributed by atoms with E-state index in [-0.39, 0.29) is 18.2 Å². The van der Waals surface area contributed by atoms with Crippen LogP contribution in [-0.4, -0.2) is 53.0 Å². The Morgan fingerprint density at radius 1 is 1.19 bits per heavy atom. The number of halogens is 1. The summed E-state index contributed by atoms with van der Waals surface area (Å²) in [5, 5.41) is 9.49. The van der Waals surface area contributed by atoms with Crippen LogP contribution in [0.5, 0.6) is 0 Å². The van der Waals surface area contributed by atoms with Crippen molar-refractivity contribution < 1.29 is 14.7 Å². The Balaban J connectivity index is 1.49. The summed E-state index contributed by atoms with van der Waals surface area (Å²) >= 11 is 5.89. The molecule has 7 heteroatoms. The highest BCUT2D eigenvalue weighted by molar-refractivity contribution is 6.30. The number of anilines is 1. The molecule has 3 heterocycles. The molecule has 1 atom stereocenters. The van der Waals surface area contributed by atoms with Gasteiger partial charge >= 0.3 is 5.97 Å². The molecule has 0 saturated carbocycles. The largest absolute Gasteiger partial charge is 0.481 e. The second-order valence-electron chi connectivity index (χ2n) is 7.32. The van der Waals surface area contributed by atoms with Crippen LogP contribution in [0.4, 0.5) is 5.82 Å². The number of carbonyl (C=O) groups is 2. The maximum Gasteiger partial charge on any atom is 0.303 e. The molecular formula is C19H26ClN3O3. The summed E-state index contributed by atoms with van der Waals surface area (Å²) in [5.41, 5.74) is 0. The summed E-state index contributed by atoms with van der Waals surface area (Å²) in [6.45, 7) is 3.16. The molecule has 1 aromatic heterocycles. The van der Waals surface area contributed by atoms with Crippen LogP contribution < -0.4 is 4.90 Å². The number of piperidine rings is 2. The number of aromatic nitrogens is 1. The summed E-state index contributed by atoms with van der Waals surface area (Å²) in [7, 11) is 0. The molecule has 1 amide bonds. The van der Waals surface area contributed by atoms with Gasteiger partial charge in [0.15, 0.2) is 0 Å². The van der Waals surface area contributed by atoms with Gasteiger partial charge in [-0.1, -0.05) is 11.6 Å². The molecule has 2 fully saturated rings. The third-order valence-corrected chi connectivity index (χ3v) is 5.70. The molecule has 2 aliphatic rings. The Labute approximate surface area is 159 Å². The van der Waals surface area contributed by atoms with E-state index in [9.17, 15) is 9.59 Å². The van der Waals surface area contributed by atoms with Crippen molar-refractivity contribution in [3.8, 4) is 0 Å². The van der Waals surface area contributed by atoms with Gasteiger partial charge in [0.05, 0.1) is 5.02 Å². The first-order valence-corrected chi connectivity index (χ1v) is 9.78. The number of nitrogens with zero attached hydrogens (tertiary/aromatic N) is 3. The zero-order valence-corrected chi connectivity index (χ0v) is 15.7. The Morgan fingerprint density at radius 2 is 1.96 bits per heavy atom. The van der Waals surface area contributed by atoms with E-state index in [0.29, 0.717) is 23.9 Å². The van der Waals surface area contributed by atoms with E-state index in [1.165, 1.54) is 0 Å². The van der Waals surface area contributed by atoms with Gasteiger partial charge in [0.1, 0.15) is 5.82 Å². The molecule has 1 N–H and O–H groups in total. The lowest BCUT2D eigenvalue weighted by Crippen LogP contribution is -2.46. The van der Waals surface area contributed by atoms with Crippen molar-refractivity contribution in [1.29, 1.82) is 0 Å². The van der Waals surface area contributed by atoms with Gasteiger partial charge in [-0.25, -0.2) is 4.98 Å². The van der Waals surface area contributed by atoms with Crippen molar-refractivity contribution in [2.24, 2.45) is 11.8 Å². The van der Waals surface area contributed by atoms with Gasteiger partial charge in [0.25, 0.3) is 0 Å². The first-order valence-electron chi connectivity index (χ1n) is 9.40. The second kappa shape index (κ2) is 8.71. The highest BCUT2D eigenvalue weighted by Gasteiger charge is 2.31. The normalized spacial score (nSPS) is 21.7. The molecule has 26 heavy (non-hydrogen) atoms. The maximum absolute atomic E-state index is 12.9. The summed E-state index contributed by atoms with van der Waals surface area (Å²) in [5.74, 6) is 0.788. The number of rotatable bonds is 5. The SMILES string of the molecule is O=C(O)CCC1CCCN(C(=O)C2CCN(c3ccc(Cl)cn3)CC2)C1. The highest BCUT2D eigenvalue weighted by Crippen LogP contribution is 2.27. The van der Waals surface area contributed by atoms with E-state index in [1.807, 2.05) is 17.0 Å². The molecular weight excluding hydrogens is 354 g/mol. The molecule has 0 aromatic carbocycles. The molecule has 0 bridgehead atoms. The van der Waals surface area contributed by atoms with Gasteiger partial charge in [0.2, 0.25) is 5.91 Å². The minimum atomic E-state index is -0.753. The van der Waals surface area contributed by atoms with Crippen LogP contribution in [0.2, 0.25) is 5.02 Å². The Morgan fingerprint density at radius 3 is 2.62 bits per heavy atom. The monoisotopic (exact) mass is 379 g/mol. The van der Waals surface area contributed by atoms with Gasteiger partial charge in [-0.05, 0) is 50.2 Å². The third kappa shape index (κ3) is 4.87. The molecule has 0 spiro atoms. The van der Waals surface area contributed by atoms with E-state index in [1.54, 1.807) is 6.20 Å². The lowest BCUT2D eigenvalue weighted by molar-refractivity contribution is -0.138. The van der Waals surface area contributed by atoms with E-state index >= 15 is 0 Å². The summed E-state index contributed by atoms with van der Waals surface area (Å²) < 4.78 is 0. The van der Waals surface area contributed by atoms with Crippen LogP contribution in [0.15, 0.2) is 18.3 Å². The number of carbonyl (C=O) groups excluding carboxylic acids is 1. The molecule has 0 radical (unpaired) electrons. The lowest BCUT2D eigenvalue weighted by Gasteiger charge is -2.38. The van der Waals surface area contributed by atoms with E-state index in [0.717, 1.165) is 51.1 Å². The van der Waals surface area contributed by atoms with E-state index in [2.05, 4.69) is 9.88 Å². The lowest BCUT2D eigenvalue weighted by atomic mass is 9.90. The van der Waals surface area contributed by atoms with E-state index in [4.69, 9.17) is 16.7 Å². The molecule has 0 aliphatic carbocycles. The number of aliphatic carboxylic acids is 1. The maximum atomic E-state index is 12.9. The number of likely N-dealkylation sites (tertiary alicyclic amines) is 1. The molecule has 6 nitrogen and oxygen atoms in total. The predicted octanol–water partition coefficient (Wildman–Crippen LogP) is 3.05. The van der Waals surface area contributed by atoms with Crippen LogP contribution in [0, 0.1) is 11.8 Å². The Bertz CT molecular complexity index is 629. The Hall–Kier alpha value is -1.82. The number of hydrogen-bond donors (Lipinski definition) is 1. The zero-order chi connectivity index (χ0) is 18.5. The molecule has 142 valence electrons. The van der Waals surface area contributed by atoms with Crippen molar-refractivity contribution in [2.45, 2.75) is 38.5 Å². The standard InChI is InChI=1S/C19H26ClN3O3/c20-16-4-5-17(21-12-16)22-10-7-15(8-11-22)19(26)23-9-1-2-14(13-23)3-6-18(24)25/h4-5,12,14-15H,1-3,6-11,13H2,(H,24,25). The number of carboxylic acid groups (broad SMARTS) is 1. The number of amides is 1. The summed E-state index contributed by atoms with van der Waals surface area (Å²) in [4.78, 5) is 32.2.